The molecule has 0 N–H and O–H groups in total. The van der Waals surface area contributed by atoms with Gasteiger partial charge in [0, 0.05) is 42.6 Å². The number of amides is 1. The van der Waals surface area contributed by atoms with E-state index >= 15 is 0 Å². The third kappa shape index (κ3) is 5.89. The number of imidazole rings is 1. The molecule has 152 valence electrons. The Labute approximate surface area is 175 Å². The summed E-state index contributed by atoms with van der Waals surface area (Å²) in [7, 11) is 3.92. The van der Waals surface area contributed by atoms with Gasteiger partial charge in [0.2, 0.25) is 0 Å². The zero-order valence-corrected chi connectivity index (χ0v) is 17.3. The molecular weight excluding hydrogens is 391 g/mol. The molecule has 7 heteroatoms. The van der Waals surface area contributed by atoms with Crippen LogP contribution in [0, 0.1) is 5.82 Å². The van der Waals surface area contributed by atoms with Gasteiger partial charge in [0.05, 0.1) is 6.54 Å². The van der Waals surface area contributed by atoms with Crippen LogP contribution in [0.15, 0.2) is 60.9 Å². The van der Waals surface area contributed by atoms with E-state index in [-0.39, 0.29) is 11.7 Å². The van der Waals surface area contributed by atoms with Crippen molar-refractivity contribution in [3.63, 3.8) is 0 Å². The van der Waals surface area contributed by atoms with Gasteiger partial charge in [0.15, 0.2) is 0 Å². The average molecular weight is 415 g/mol. The van der Waals surface area contributed by atoms with Crippen molar-refractivity contribution in [1.82, 2.24) is 19.4 Å². The number of carbonyl (C=O) groups is 1. The van der Waals surface area contributed by atoms with Crippen LogP contribution in [0.1, 0.15) is 21.7 Å². The van der Waals surface area contributed by atoms with Crippen molar-refractivity contribution in [3.8, 4) is 0 Å². The second kappa shape index (κ2) is 9.67. The van der Waals surface area contributed by atoms with Crippen LogP contribution in [0.2, 0.25) is 5.02 Å². The van der Waals surface area contributed by atoms with Crippen LogP contribution in [-0.2, 0) is 13.1 Å². The maximum atomic E-state index is 13.2. The first-order chi connectivity index (χ1) is 13.9. The molecule has 0 radical (unpaired) electrons. The molecule has 3 rings (SSSR count). The molecule has 1 amide bonds. The number of halogens is 2. The monoisotopic (exact) mass is 414 g/mol. The minimum Gasteiger partial charge on any atom is -0.330 e. The van der Waals surface area contributed by atoms with Crippen molar-refractivity contribution in [3.05, 3.63) is 88.7 Å². The Bertz CT molecular complexity index is 955. The van der Waals surface area contributed by atoms with E-state index in [2.05, 4.69) is 4.98 Å². The number of benzene rings is 2. The minimum absolute atomic E-state index is 0.149. The SMILES string of the molecule is CN(C)CCN(Cc1nccn1Cc1cccc(Cl)c1)C(=O)c1ccc(F)cc1. The van der Waals surface area contributed by atoms with Crippen LogP contribution >= 0.6 is 11.6 Å². The summed E-state index contributed by atoms with van der Waals surface area (Å²) >= 11 is 6.09. The van der Waals surface area contributed by atoms with Gasteiger partial charge in [-0.25, -0.2) is 9.37 Å². The van der Waals surface area contributed by atoms with Gasteiger partial charge < -0.3 is 14.4 Å². The Kier molecular flexibility index (Phi) is 7.01. The van der Waals surface area contributed by atoms with Crippen molar-refractivity contribution in [2.24, 2.45) is 0 Å². The zero-order chi connectivity index (χ0) is 20.8. The molecule has 5 nitrogen and oxygen atoms in total. The van der Waals surface area contributed by atoms with E-state index in [4.69, 9.17) is 11.6 Å². The van der Waals surface area contributed by atoms with E-state index < -0.39 is 0 Å². The zero-order valence-electron chi connectivity index (χ0n) is 16.6. The first kappa shape index (κ1) is 21.0. The highest BCUT2D eigenvalue weighted by Crippen LogP contribution is 2.15. The van der Waals surface area contributed by atoms with E-state index in [1.54, 1.807) is 11.1 Å². The summed E-state index contributed by atoms with van der Waals surface area (Å²) in [5, 5.41) is 0.684. The van der Waals surface area contributed by atoms with Gasteiger partial charge in [-0.15, -0.1) is 0 Å². The number of nitrogens with zero attached hydrogens (tertiary/aromatic N) is 4. The summed E-state index contributed by atoms with van der Waals surface area (Å²) < 4.78 is 15.3. The molecule has 29 heavy (non-hydrogen) atoms. The van der Waals surface area contributed by atoms with Crippen LogP contribution in [0.4, 0.5) is 4.39 Å². The molecular formula is C22H24ClFN4O. The van der Waals surface area contributed by atoms with Crippen LogP contribution in [0.25, 0.3) is 0 Å². The lowest BCUT2D eigenvalue weighted by Gasteiger charge is -2.24. The van der Waals surface area contributed by atoms with Crippen molar-refractivity contribution in [2.45, 2.75) is 13.1 Å². The highest BCUT2D eigenvalue weighted by atomic mass is 35.5. The van der Waals surface area contributed by atoms with Gasteiger partial charge in [-0.3, -0.25) is 4.79 Å². The highest BCUT2D eigenvalue weighted by molar-refractivity contribution is 6.30. The Hall–Kier alpha value is -2.70. The summed E-state index contributed by atoms with van der Waals surface area (Å²) in [4.78, 5) is 21.3. The Balaban J connectivity index is 1.80. The molecule has 0 aliphatic heterocycles. The first-order valence-electron chi connectivity index (χ1n) is 9.36. The van der Waals surface area contributed by atoms with Crippen LogP contribution in [0.5, 0.6) is 0 Å². The fourth-order valence-corrected chi connectivity index (χ4v) is 3.20. The van der Waals surface area contributed by atoms with Gasteiger partial charge in [-0.2, -0.15) is 0 Å². The van der Waals surface area contributed by atoms with E-state index in [1.165, 1.54) is 24.3 Å². The standard InChI is InChI=1S/C22H24ClFN4O/c1-26(2)12-13-28(22(29)18-6-8-20(24)9-7-18)16-21-25-10-11-27(21)15-17-4-3-5-19(23)14-17/h3-11,14H,12-13,15-16H2,1-2H3. The molecule has 0 fully saturated rings. The molecule has 0 unspecified atom stereocenters. The fourth-order valence-electron chi connectivity index (χ4n) is 2.99. The highest BCUT2D eigenvalue weighted by Gasteiger charge is 2.19. The maximum absolute atomic E-state index is 13.2. The van der Waals surface area contributed by atoms with E-state index in [0.29, 0.717) is 36.8 Å². The van der Waals surface area contributed by atoms with Gasteiger partial charge in [0.1, 0.15) is 11.6 Å². The van der Waals surface area contributed by atoms with E-state index in [1.807, 2.05) is 54.0 Å². The molecule has 0 aliphatic carbocycles. The largest absolute Gasteiger partial charge is 0.330 e. The number of carbonyl (C=O) groups excluding carboxylic acids is 1. The average Bonchev–Trinajstić information content (AvgIpc) is 3.11. The Morgan fingerprint density at radius 2 is 1.90 bits per heavy atom. The second-order valence-electron chi connectivity index (χ2n) is 7.14. The van der Waals surface area contributed by atoms with Gasteiger partial charge in [-0.1, -0.05) is 23.7 Å². The first-order valence-corrected chi connectivity index (χ1v) is 9.74. The van der Waals surface area contributed by atoms with Crippen LogP contribution in [0.3, 0.4) is 0 Å². The smallest absolute Gasteiger partial charge is 0.254 e. The lowest BCUT2D eigenvalue weighted by atomic mass is 10.2. The van der Waals surface area contributed by atoms with Crippen LogP contribution < -0.4 is 0 Å². The number of hydrogen-bond donors (Lipinski definition) is 0. The van der Waals surface area contributed by atoms with Gasteiger partial charge in [0.25, 0.3) is 5.91 Å². The normalized spacial score (nSPS) is 11.1. The predicted molar refractivity (Wildman–Crippen MR) is 112 cm³/mol. The van der Waals surface area contributed by atoms with E-state index in [0.717, 1.165) is 11.4 Å². The molecule has 0 atom stereocenters. The summed E-state index contributed by atoms with van der Waals surface area (Å²) in [6, 6.07) is 13.3. The number of rotatable bonds is 8. The third-order valence-corrected chi connectivity index (χ3v) is 4.81. The number of likely N-dealkylation sites (N-methyl/N-ethyl adjacent to an activating group) is 1. The molecule has 0 saturated carbocycles. The summed E-state index contributed by atoms with van der Waals surface area (Å²) in [6.07, 6.45) is 3.62. The Morgan fingerprint density at radius 3 is 2.59 bits per heavy atom. The minimum atomic E-state index is -0.363. The van der Waals surface area contributed by atoms with Gasteiger partial charge >= 0.3 is 0 Å². The predicted octanol–water partition coefficient (Wildman–Crippen LogP) is 3.93. The third-order valence-electron chi connectivity index (χ3n) is 4.57. The molecule has 3 aromatic rings. The lowest BCUT2D eigenvalue weighted by molar-refractivity contribution is 0.0726. The molecule has 0 bridgehead atoms. The fraction of sp³-hybridized carbons (Fsp3) is 0.273. The summed E-state index contributed by atoms with van der Waals surface area (Å²) in [6.45, 7) is 2.22. The summed E-state index contributed by atoms with van der Waals surface area (Å²) in [5.74, 6) is 0.266. The molecule has 1 heterocycles. The number of aromatic nitrogens is 2. The van der Waals surface area contributed by atoms with Crippen LogP contribution in [-0.4, -0.2) is 52.4 Å². The molecule has 0 aliphatic rings. The lowest BCUT2D eigenvalue weighted by Crippen LogP contribution is -2.37. The maximum Gasteiger partial charge on any atom is 0.254 e. The second-order valence-corrected chi connectivity index (χ2v) is 7.57. The van der Waals surface area contributed by atoms with E-state index in [9.17, 15) is 9.18 Å². The molecule has 0 spiro atoms. The van der Waals surface area contributed by atoms with Crippen molar-refractivity contribution < 1.29 is 9.18 Å². The van der Waals surface area contributed by atoms with Crippen molar-refractivity contribution in [1.29, 1.82) is 0 Å². The van der Waals surface area contributed by atoms with Gasteiger partial charge in [-0.05, 0) is 56.1 Å². The topological polar surface area (TPSA) is 41.4 Å². The summed E-state index contributed by atoms with van der Waals surface area (Å²) in [5.41, 5.74) is 1.51. The Morgan fingerprint density at radius 1 is 1.14 bits per heavy atom. The number of hydrogen-bond acceptors (Lipinski definition) is 3. The van der Waals surface area contributed by atoms with Crippen molar-refractivity contribution >= 4 is 17.5 Å². The quantitative estimate of drug-likeness (QED) is 0.561. The molecule has 0 saturated heterocycles. The van der Waals surface area contributed by atoms with Crippen molar-refractivity contribution in [2.75, 3.05) is 27.2 Å². The molecule has 2 aromatic carbocycles. The molecule has 1 aromatic heterocycles.